The summed E-state index contributed by atoms with van der Waals surface area (Å²) in [4.78, 5) is 0. The van der Waals surface area contributed by atoms with Gasteiger partial charge >= 0.3 is 0 Å². The molecular formula is C23H27NO. The molecule has 0 atom stereocenters. The van der Waals surface area contributed by atoms with E-state index in [4.69, 9.17) is 4.74 Å². The van der Waals surface area contributed by atoms with Gasteiger partial charge in [-0.05, 0) is 41.8 Å². The second-order valence-electron chi connectivity index (χ2n) is 6.38. The average molecular weight is 333 g/mol. The van der Waals surface area contributed by atoms with Gasteiger partial charge in [0.15, 0.2) is 0 Å². The van der Waals surface area contributed by atoms with E-state index in [-0.39, 0.29) is 0 Å². The van der Waals surface area contributed by atoms with E-state index in [2.05, 4.69) is 79.0 Å². The van der Waals surface area contributed by atoms with Crippen molar-refractivity contribution in [3.8, 4) is 5.75 Å². The Morgan fingerprint density at radius 1 is 0.880 bits per heavy atom. The van der Waals surface area contributed by atoms with Crippen molar-refractivity contribution in [2.75, 3.05) is 13.2 Å². The minimum Gasteiger partial charge on any atom is -0.493 e. The van der Waals surface area contributed by atoms with Crippen LogP contribution in [0.3, 0.4) is 0 Å². The van der Waals surface area contributed by atoms with Crippen molar-refractivity contribution in [1.29, 1.82) is 0 Å². The Labute approximate surface area is 150 Å². The molecule has 0 saturated heterocycles. The molecule has 3 aromatic carbocycles. The third kappa shape index (κ3) is 4.83. The molecule has 0 aliphatic carbocycles. The van der Waals surface area contributed by atoms with Gasteiger partial charge in [0.1, 0.15) is 5.75 Å². The summed E-state index contributed by atoms with van der Waals surface area (Å²) in [5.41, 5.74) is 2.63. The summed E-state index contributed by atoms with van der Waals surface area (Å²) in [5.74, 6) is 1.01. The van der Waals surface area contributed by atoms with Crippen LogP contribution in [0.25, 0.3) is 10.8 Å². The average Bonchev–Trinajstić information content (AvgIpc) is 2.67. The molecule has 0 spiro atoms. The highest BCUT2D eigenvalue weighted by atomic mass is 16.5. The van der Waals surface area contributed by atoms with Crippen molar-refractivity contribution in [1.82, 2.24) is 5.32 Å². The molecule has 0 aromatic heterocycles. The Balaban J connectivity index is 1.69. The number of ether oxygens (including phenoxy) is 1. The molecule has 2 heteroatoms. The Kier molecular flexibility index (Phi) is 6.47. The summed E-state index contributed by atoms with van der Waals surface area (Å²) in [7, 11) is 0. The van der Waals surface area contributed by atoms with Crippen molar-refractivity contribution >= 4 is 10.8 Å². The van der Waals surface area contributed by atoms with Crippen LogP contribution in [0.15, 0.2) is 66.7 Å². The van der Waals surface area contributed by atoms with Crippen LogP contribution in [0, 0.1) is 0 Å². The molecule has 3 aromatic rings. The fourth-order valence-corrected chi connectivity index (χ4v) is 3.05. The Morgan fingerprint density at radius 2 is 1.68 bits per heavy atom. The van der Waals surface area contributed by atoms with Crippen LogP contribution >= 0.6 is 0 Å². The third-order valence-electron chi connectivity index (χ3n) is 4.49. The zero-order valence-corrected chi connectivity index (χ0v) is 15.0. The number of fused-ring (bicyclic) bond motifs is 1. The molecule has 3 rings (SSSR count). The first-order valence-electron chi connectivity index (χ1n) is 9.26. The van der Waals surface area contributed by atoms with Crippen LogP contribution in [-0.4, -0.2) is 13.2 Å². The molecular weight excluding hydrogens is 306 g/mol. The lowest BCUT2D eigenvalue weighted by molar-refractivity contribution is 0.306. The number of hydrogen-bond acceptors (Lipinski definition) is 2. The normalized spacial score (nSPS) is 10.9. The van der Waals surface area contributed by atoms with E-state index in [0.717, 1.165) is 44.7 Å². The monoisotopic (exact) mass is 333 g/mol. The summed E-state index contributed by atoms with van der Waals surface area (Å²) >= 11 is 0. The van der Waals surface area contributed by atoms with Gasteiger partial charge in [-0.25, -0.2) is 0 Å². The number of unbranched alkanes of at least 4 members (excludes halogenated alkanes) is 1. The first-order chi connectivity index (χ1) is 12.4. The van der Waals surface area contributed by atoms with E-state index < -0.39 is 0 Å². The van der Waals surface area contributed by atoms with E-state index in [1.807, 2.05) is 0 Å². The van der Waals surface area contributed by atoms with Crippen molar-refractivity contribution in [3.05, 3.63) is 77.9 Å². The fourth-order valence-electron chi connectivity index (χ4n) is 3.05. The number of rotatable bonds is 9. The van der Waals surface area contributed by atoms with Gasteiger partial charge in [0, 0.05) is 12.1 Å². The highest BCUT2D eigenvalue weighted by Crippen LogP contribution is 2.28. The quantitative estimate of drug-likeness (QED) is 0.533. The standard InChI is InChI=1S/C23H27NO/c1-2-3-17-25-23-14-13-20-11-7-8-12-21(20)22(23)18-24-16-15-19-9-5-4-6-10-19/h4-14,24H,2-3,15-18H2,1H3. The van der Waals surface area contributed by atoms with E-state index in [1.165, 1.54) is 21.9 Å². The lowest BCUT2D eigenvalue weighted by Gasteiger charge is -2.15. The zero-order chi connectivity index (χ0) is 17.3. The molecule has 0 heterocycles. The van der Waals surface area contributed by atoms with Crippen LogP contribution in [0.5, 0.6) is 5.75 Å². The molecule has 0 amide bonds. The first kappa shape index (κ1) is 17.5. The maximum atomic E-state index is 6.06. The van der Waals surface area contributed by atoms with Crippen LogP contribution in [0.1, 0.15) is 30.9 Å². The maximum Gasteiger partial charge on any atom is 0.124 e. The van der Waals surface area contributed by atoms with Crippen molar-refractivity contribution < 1.29 is 4.74 Å². The maximum absolute atomic E-state index is 6.06. The zero-order valence-electron chi connectivity index (χ0n) is 15.0. The topological polar surface area (TPSA) is 21.3 Å². The molecule has 0 bridgehead atoms. The molecule has 130 valence electrons. The predicted molar refractivity (Wildman–Crippen MR) is 106 cm³/mol. The van der Waals surface area contributed by atoms with Gasteiger partial charge in [-0.1, -0.05) is 74.0 Å². The molecule has 0 aliphatic rings. The van der Waals surface area contributed by atoms with Gasteiger partial charge in [0.05, 0.1) is 6.61 Å². The van der Waals surface area contributed by atoms with Crippen LogP contribution < -0.4 is 10.1 Å². The van der Waals surface area contributed by atoms with Gasteiger partial charge in [0.2, 0.25) is 0 Å². The Morgan fingerprint density at radius 3 is 2.52 bits per heavy atom. The highest BCUT2D eigenvalue weighted by Gasteiger charge is 2.08. The molecule has 25 heavy (non-hydrogen) atoms. The summed E-state index contributed by atoms with van der Waals surface area (Å²) < 4.78 is 6.06. The van der Waals surface area contributed by atoms with E-state index >= 15 is 0 Å². The van der Waals surface area contributed by atoms with E-state index in [0.29, 0.717) is 0 Å². The fraction of sp³-hybridized carbons (Fsp3) is 0.304. The summed E-state index contributed by atoms with van der Waals surface area (Å²) in [6, 6.07) is 23.4. The first-order valence-corrected chi connectivity index (χ1v) is 9.26. The predicted octanol–water partition coefficient (Wildman–Crippen LogP) is 5.35. The molecule has 0 saturated carbocycles. The molecule has 2 nitrogen and oxygen atoms in total. The lowest BCUT2D eigenvalue weighted by atomic mass is 10.0. The highest BCUT2D eigenvalue weighted by molar-refractivity contribution is 5.87. The van der Waals surface area contributed by atoms with Gasteiger partial charge in [-0.3, -0.25) is 0 Å². The Hall–Kier alpha value is -2.32. The molecule has 0 unspecified atom stereocenters. The van der Waals surface area contributed by atoms with Crippen LogP contribution in [-0.2, 0) is 13.0 Å². The minimum absolute atomic E-state index is 0.784. The second-order valence-corrected chi connectivity index (χ2v) is 6.38. The number of hydrogen-bond donors (Lipinski definition) is 1. The molecule has 0 fully saturated rings. The van der Waals surface area contributed by atoms with Crippen molar-refractivity contribution in [2.24, 2.45) is 0 Å². The van der Waals surface area contributed by atoms with E-state index in [1.54, 1.807) is 0 Å². The largest absolute Gasteiger partial charge is 0.493 e. The smallest absolute Gasteiger partial charge is 0.124 e. The summed E-state index contributed by atoms with van der Waals surface area (Å²) in [6.45, 7) is 4.76. The van der Waals surface area contributed by atoms with Gasteiger partial charge < -0.3 is 10.1 Å². The van der Waals surface area contributed by atoms with E-state index in [9.17, 15) is 0 Å². The molecule has 0 aliphatic heterocycles. The van der Waals surface area contributed by atoms with Crippen LogP contribution in [0.2, 0.25) is 0 Å². The molecule has 0 radical (unpaired) electrons. The third-order valence-corrected chi connectivity index (χ3v) is 4.49. The second kappa shape index (κ2) is 9.24. The van der Waals surface area contributed by atoms with Gasteiger partial charge in [-0.15, -0.1) is 0 Å². The number of nitrogens with one attached hydrogen (secondary N) is 1. The SMILES string of the molecule is CCCCOc1ccc2ccccc2c1CNCCc1ccccc1. The minimum atomic E-state index is 0.784. The van der Waals surface area contributed by atoms with Crippen LogP contribution in [0.4, 0.5) is 0 Å². The summed E-state index contributed by atoms with van der Waals surface area (Å²) in [5, 5.41) is 6.14. The van der Waals surface area contributed by atoms with Crippen molar-refractivity contribution in [3.63, 3.8) is 0 Å². The van der Waals surface area contributed by atoms with Gasteiger partial charge in [0.25, 0.3) is 0 Å². The Bertz CT molecular complexity index is 782. The van der Waals surface area contributed by atoms with Crippen molar-refractivity contribution in [2.45, 2.75) is 32.7 Å². The lowest BCUT2D eigenvalue weighted by Crippen LogP contribution is -2.17. The summed E-state index contributed by atoms with van der Waals surface area (Å²) in [6.07, 6.45) is 3.28. The number of benzene rings is 3. The van der Waals surface area contributed by atoms with Gasteiger partial charge in [-0.2, -0.15) is 0 Å². The molecule has 1 N–H and O–H groups in total.